The summed E-state index contributed by atoms with van der Waals surface area (Å²) in [4.78, 5) is 0. The zero-order valence-corrected chi connectivity index (χ0v) is 13.6. The SMILES string of the molecule is C[C@@]12CCC[C@]1(O)[C@H]1CC=C3C[C@@H](O)CC[C@]3(C)[C@@H]1CC2. The molecule has 0 saturated heterocycles. The van der Waals surface area contributed by atoms with E-state index in [1.165, 1.54) is 31.3 Å². The maximum Gasteiger partial charge on any atom is 0.0735 e. The van der Waals surface area contributed by atoms with Crippen LogP contribution in [0, 0.1) is 22.7 Å². The molecule has 0 aliphatic heterocycles. The van der Waals surface area contributed by atoms with Gasteiger partial charge in [0.15, 0.2) is 0 Å². The van der Waals surface area contributed by atoms with Gasteiger partial charge in [-0.3, -0.25) is 0 Å². The molecule has 0 heterocycles. The van der Waals surface area contributed by atoms with E-state index in [4.69, 9.17) is 0 Å². The van der Waals surface area contributed by atoms with E-state index in [2.05, 4.69) is 19.9 Å². The monoisotopic (exact) mass is 290 g/mol. The van der Waals surface area contributed by atoms with Gasteiger partial charge >= 0.3 is 0 Å². The van der Waals surface area contributed by atoms with Crippen molar-refractivity contribution < 1.29 is 10.2 Å². The fourth-order valence-electron chi connectivity index (χ4n) is 6.60. The molecule has 0 amide bonds. The molecule has 118 valence electrons. The summed E-state index contributed by atoms with van der Waals surface area (Å²) in [6.45, 7) is 4.75. The third-order valence-corrected chi connectivity index (χ3v) is 8.06. The minimum absolute atomic E-state index is 0.135. The summed E-state index contributed by atoms with van der Waals surface area (Å²) < 4.78 is 0. The molecule has 0 bridgehead atoms. The van der Waals surface area contributed by atoms with Crippen LogP contribution in [-0.2, 0) is 0 Å². The van der Waals surface area contributed by atoms with Crippen molar-refractivity contribution in [2.45, 2.75) is 83.3 Å². The highest BCUT2D eigenvalue weighted by molar-refractivity contribution is 5.27. The minimum atomic E-state index is -0.434. The molecule has 2 heteroatoms. The molecule has 2 nitrogen and oxygen atoms in total. The van der Waals surface area contributed by atoms with E-state index >= 15 is 0 Å². The van der Waals surface area contributed by atoms with Crippen molar-refractivity contribution in [3.63, 3.8) is 0 Å². The van der Waals surface area contributed by atoms with Gasteiger partial charge in [0.05, 0.1) is 11.7 Å². The first-order chi connectivity index (χ1) is 9.89. The van der Waals surface area contributed by atoms with Crippen LogP contribution in [0.25, 0.3) is 0 Å². The summed E-state index contributed by atoms with van der Waals surface area (Å²) in [7, 11) is 0. The lowest BCUT2D eigenvalue weighted by molar-refractivity contribution is -0.168. The number of rotatable bonds is 0. The summed E-state index contributed by atoms with van der Waals surface area (Å²) in [5.41, 5.74) is 1.45. The molecule has 4 aliphatic carbocycles. The molecule has 0 spiro atoms. The zero-order chi connectivity index (χ0) is 14.9. The van der Waals surface area contributed by atoms with Crippen molar-refractivity contribution in [3.8, 4) is 0 Å². The summed E-state index contributed by atoms with van der Waals surface area (Å²) in [5.74, 6) is 1.07. The number of allylic oxidation sites excluding steroid dienone is 1. The van der Waals surface area contributed by atoms with E-state index in [1.54, 1.807) is 0 Å². The van der Waals surface area contributed by atoms with Gasteiger partial charge in [-0.2, -0.15) is 0 Å². The smallest absolute Gasteiger partial charge is 0.0735 e. The third-order valence-electron chi connectivity index (χ3n) is 8.06. The Labute approximate surface area is 128 Å². The summed E-state index contributed by atoms with van der Waals surface area (Å²) in [5, 5.41) is 21.6. The van der Waals surface area contributed by atoms with E-state index in [0.29, 0.717) is 11.8 Å². The first kappa shape index (κ1) is 14.3. The van der Waals surface area contributed by atoms with E-state index in [9.17, 15) is 10.2 Å². The normalized spacial score (nSPS) is 56.2. The Kier molecular flexibility index (Phi) is 2.96. The van der Waals surface area contributed by atoms with Gasteiger partial charge in [-0.15, -0.1) is 0 Å². The zero-order valence-electron chi connectivity index (χ0n) is 13.6. The molecule has 6 atom stereocenters. The van der Waals surface area contributed by atoms with Gasteiger partial charge in [-0.25, -0.2) is 0 Å². The van der Waals surface area contributed by atoms with Crippen molar-refractivity contribution in [2.24, 2.45) is 22.7 Å². The van der Waals surface area contributed by atoms with Crippen LogP contribution < -0.4 is 0 Å². The van der Waals surface area contributed by atoms with Crippen LogP contribution >= 0.6 is 0 Å². The second kappa shape index (κ2) is 4.35. The lowest BCUT2D eigenvalue weighted by Crippen LogP contribution is -2.59. The predicted octanol–water partition coefficient (Wildman–Crippen LogP) is 3.82. The number of aliphatic hydroxyl groups excluding tert-OH is 1. The van der Waals surface area contributed by atoms with E-state index < -0.39 is 5.60 Å². The van der Waals surface area contributed by atoms with Gasteiger partial charge in [0, 0.05) is 0 Å². The second-order valence-electron chi connectivity index (χ2n) is 8.87. The molecule has 0 aromatic heterocycles. The van der Waals surface area contributed by atoms with Crippen LogP contribution in [0.5, 0.6) is 0 Å². The van der Waals surface area contributed by atoms with Crippen molar-refractivity contribution >= 4 is 0 Å². The Morgan fingerprint density at radius 3 is 2.67 bits per heavy atom. The van der Waals surface area contributed by atoms with Crippen LogP contribution in [0.4, 0.5) is 0 Å². The second-order valence-corrected chi connectivity index (χ2v) is 8.87. The third kappa shape index (κ3) is 1.72. The first-order valence-corrected chi connectivity index (χ1v) is 8.99. The quantitative estimate of drug-likeness (QED) is 0.666. The van der Waals surface area contributed by atoms with Gasteiger partial charge in [0.25, 0.3) is 0 Å². The molecule has 3 fully saturated rings. The van der Waals surface area contributed by atoms with Crippen molar-refractivity contribution in [2.75, 3.05) is 0 Å². The highest BCUT2D eigenvalue weighted by Crippen LogP contribution is 2.66. The van der Waals surface area contributed by atoms with Crippen molar-refractivity contribution in [1.82, 2.24) is 0 Å². The van der Waals surface area contributed by atoms with Crippen LogP contribution in [0.3, 0.4) is 0 Å². The summed E-state index contributed by atoms with van der Waals surface area (Å²) in [6, 6.07) is 0. The maximum absolute atomic E-state index is 11.5. The molecule has 2 N–H and O–H groups in total. The van der Waals surface area contributed by atoms with Crippen molar-refractivity contribution in [3.05, 3.63) is 11.6 Å². The molecule has 0 unspecified atom stereocenters. The van der Waals surface area contributed by atoms with Crippen LogP contribution in [-0.4, -0.2) is 21.9 Å². The molecule has 21 heavy (non-hydrogen) atoms. The highest BCUT2D eigenvalue weighted by atomic mass is 16.3. The van der Waals surface area contributed by atoms with Gasteiger partial charge in [-0.1, -0.05) is 25.5 Å². The lowest BCUT2D eigenvalue weighted by atomic mass is 9.46. The highest BCUT2D eigenvalue weighted by Gasteiger charge is 2.63. The number of aliphatic hydroxyl groups is 2. The Morgan fingerprint density at radius 2 is 1.86 bits per heavy atom. The van der Waals surface area contributed by atoms with Gasteiger partial charge < -0.3 is 10.2 Å². The number of fused-ring (bicyclic) bond motifs is 5. The predicted molar refractivity (Wildman–Crippen MR) is 83.8 cm³/mol. The van der Waals surface area contributed by atoms with Crippen molar-refractivity contribution in [1.29, 1.82) is 0 Å². The Balaban J connectivity index is 1.73. The van der Waals surface area contributed by atoms with E-state index in [-0.39, 0.29) is 16.9 Å². The van der Waals surface area contributed by atoms with E-state index in [1.807, 2.05) is 0 Å². The molecular weight excluding hydrogens is 260 g/mol. The average Bonchev–Trinajstić information content (AvgIpc) is 2.75. The first-order valence-electron chi connectivity index (χ1n) is 8.99. The van der Waals surface area contributed by atoms with E-state index in [0.717, 1.165) is 32.1 Å². The fraction of sp³-hybridized carbons (Fsp3) is 0.895. The van der Waals surface area contributed by atoms with Gasteiger partial charge in [0.1, 0.15) is 0 Å². The molecule has 4 aliphatic rings. The topological polar surface area (TPSA) is 40.5 Å². The Morgan fingerprint density at radius 1 is 1.05 bits per heavy atom. The van der Waals surface area contributed by atoms with Gasteiger partial charge in [0.2, 0.25) is 0 Å². The minimum Gasteiger partial charge on any atom is -0.393 e. The standard InChI is InChI=1S/C19H30O2/c1-17-8-3-9-19(17,21)16-5-4-13-12-14(20)6-11-18(13,2)15(16)7-10-17/h4,14-16,20-21H,3,5-12H2,1-2H3/t14-,15+,16-,17-,18-,19-/m0/s1. The molecule has 0 aromatic carbocycles. The largest absolute Gasteiger partial charge is 0.393 e. The van der Waals surface area contributed by atoms with Gasteiger partial charge in [-0.05, 0) is 80.5 Å². The van der Waals surface area contributed by atoms with Crippen LogP contribution in [0.15, 0.2) is 11.6 Å². The Hall–Kier alpha value is -0.340. The number of hydrogen-bond acceptors (Lipinski definition) is 2. The molecule has 3 saturated carbocycles. The van der Waals surface area contributed by atoms with Crippen LogP contribution in [0.2, 0.25) is 0 Å². The molecular formula is C19H30O2. The summed E-state index contributed by atoms with van der Waals surface area (Å²) in [6.07, 6.45) is 12.1. The molecule has 0 radical (unpaired) electrons. The maximum atomic E-state index is 11.5. The summed E-state index contributed by atoms with van der Waals surface area (Å²) >= 11 is 0. The molecule has 0 aromatic rings. The lowest BCUT2D eigenvalue weighted by Gasteiger charge is -2.60. The van der Waals surface area contributed by atoms with Crippen LogP contribution in [0.1, 0.15) is 71.6 Å². The fourth-order valence-corrected chi connectivity index (χ4v) is 6.60. The average molecular weight is 290 g/mol. The number of hydrogen-bond donors (Lipinski definition) is 2. The Bertz CT molecular complexity index is 484. The molecule has 4 rings (SSSR count).